The Hall–Kier alpha value is -4.05. The van der Waals surface area contributed by atoms with Gasteiger partial charge >= 0.3 is 6.09 Å². The van der Waals surface area contributed by atoms with Gasteiger partial charge in [-0.15, -0.1) is 0 Å². The number of hydrogen-bond acceptors (Lipinski definition) is 6. The van der Waals surface area contributed by atoms with Gasteiger partial charge in [0.15, 0.2) is 0 Å². The van der Waals surface area contributed by atoms with Gasteiger partial charge < -0.3 is 29.9 Å². The summed E-state index contributed by atoms with van der Waals surface area (Å²) in [5, 5.41) is 24.7. The standard InChI is InChI=1S/C34H38ClN3O6/c1-21-15-28(35)31(16-22(21)2)44-14-13-43-26-11-9-23(10-12-26)27-17-25-18-36-19-29(38(25)34(41)42)32(27)33(40)37(3)20-30(39)24-7-5-4-6-8-24/h4-12,15-16,25,29-30,36,39H,13-14,17-20H2,1-3H3,(H,41,42)/t25-,29-,30+/m1/s1. The topological polar surface area (TPSA) is 112 Å². The first-order valence-corrected chi connectivity index (χ1v) is 15.1. The summed E-state index contributed by atoms with van der Waals surface area (Å²) in [5.74, 6) is 0.952. The third-order valence-corrected chi connectivity index (χ3v) is 8.63. The average Bonchev–Trinajstić information content (AvgIpc) is 3.01. The molecule has 10 heteroatoms. The van der Waals surface area contributed by atoms with E-state index in [-0.39, 0.29) is 18.5 Å². The molecular weight excluding hydrogens is 582 g/mol. The Morgan fingerprint density at radius 1 is 1.02 bits per heavy atom. The number of nitrogens with zero attached hydrogens (tertiary/aromatic N) is 2. The van der Waals surface area contributed by atoms with Gasteiger partial charge in [0.2, 0.25) is 0 Å². The summed E-state index contributed by atoms with van der Waals surface area (Å²) in [6.07, 6.45) is -1.54. The number of aliphatic hydroxyl groups is 1. The van der Waals surface area contributed by atoms with E-state index in [1.165, 1.54) is 9.80 Å². The first kappa shape index (κ1) is 31.4. The van der Waals surface area contributed by atoms with Gasteiger partial charge in [-0.3, -0.25) is 9.69 Å². The van der Waals surface area contributed by atoms with Gasteiger partial charge in [-0.25, -0.2) is 4.79 Å². The Kier molecular flexibility index (Phi) is 9.78. The molecule has 0 saturated carbocycles. The van der Waals surface area contributed by atoms with Crippen LogP contribution in [0.3, 0.4) is 0 Å². The minimum atomic E-state index is -1.05. The van der Waals surface area contributed by atoms with Crippen molar-refractivity contribution in [3.05, 3.63) is 99.6 Å². The quantitative estimate of drug-likeness (QED) is 0.271. The molecule has 2 amide bonds. The second kappa shape index (κ2) is 13.7. The maximum atomic E-state index is 14.0. The second-order valence-corrected chi connectivity index (χ2v) is 11.7. The molecule has 0 spiro atoms. The summed E-state index contributed by atoms with van der Waals surface area (Å²) in [7, 11) is 1.64. The Bertz CT molecular complexity index is 1530. The second-order valence-electron chi connectivity index (χ2n) is 11.3. The van der Waals surface area contributed by atoms with Gasteiger partial charge in [0.25, 0.3) is 5.91 Å². The number of hydrogen-bond donors (Lipinski definition) is 3. The Labute approximate surface area is 262 Å². The van der Waals surface area contributed by atoms with E-state index in [1.807, 2.05) is 80.6 Å². The van der Waals surface area contributed by atoms with Crippen LogP contribution in [-0.2, 0) is 4.79 Å². The highest BCUT2D eigenvalue weighted by Crippen LogP contribution is 2.38. The van der Waals surface area contributed by atoms with Crippen molar-refractivity contribution in [2.75, 3.05) is 39.9 Å². The van der Waals surface area contributed by atoms with Crippen LogP contribution in [0.5, 0.6) is 11.5 Å². The maximum absolute atomic E-state index is 14.0. The van der Waals surface area contributed by atoms with Crippen molar-refractivity contribution in [3.8, 4) is 11.5 Å². The number of nitrogens with one attached hydrogen (secondary N) is 1. The predicted molar refractivity (Wildman–Crippen MR) is 169 cm³/mol. The molecule has 0 aliphatic carbocycles. The van der Waals surface area contributed by atoms with Crippen LogP contribution in [0.15, 0.2) is 72.3 Å². The minimum Gasteiger partial charge on any atom is -0.490 e. The summed E-state index contributed by atoms with van der Waals surface area (Å²) >= 11 is 6.31. The van der Waals surface area contributed by atoms with Gasteiger partial charge in [-0.05, 0) is 72.4 Å². The van der Waals surface area contributed by atoms with Gasteiger partial charge in [0, 0.05) is 25.7 Å². The zero-order chi connectivity index (χ0) is 31.4. The van der Waals surface area contributed by atoms with E-state index in [9.17, 15) is 19.8 Å². The molecule has 0 unspecified atom stereocenters. The molecule has 1 fully saturated rings. The molecule has 3 aromatic carbocycles. The molecule has 44 heavy (non-hydrogen) atoms. The molecule has 2 heterocycles. The monoisotopic (exact) mass is 619 g/mol. The molecule has 2 aliphatic heterocycles. The van der Waals surface area contributed by atoms with Crippen LogP contribution in [0.4, 0.5) is 4.79 Å². The number of carbonyl (C=O) groups is 2. The maximum Gasteiger partial charge on any atom is 0.408 e. The van der Waals surface area contributed by atoms with Crippen LogP contribution >= 0.6 is 11.6 Å². The highest BCUT2D eigenvalue weighted by atomic mass is 35.5. The molecule has 0 aromatic heterocycles. The van der Waals surface area contributed by atoms with E-state index < -0.39 is 18.2 Å². The molecule has 3 aromatic rings. The molecule has 0 radical (unpaired) electrons. The Balaban J connectivity index is 1.33. The lowest BCUT2D eigenvalue weighted by Gasteiger charge is -2.46. The van der Waals surface area contributed by atoms with E-state index in [2.05, 4.69) is 5.32 Å². The van der Waals surface area contributed by atoms with Gasteiger partial charge in [-0.1, -0.05) is 54.1 Å². The van der Waals surface area contributed by atoms with Gasteiger partial charge in [-0.2, -0.15) is 0 Å². The third kappa shape index (κ3) is 6.85. The highest BCUT2D eigenvalue weighted by molar-refractivity contribution is 6.32. The van der Waals surface area contributed by atoms with Crippen LogP contribution in [0.2, 0.25) is 5.02 Å². The number of piperazine rings is 1. The van der Waals surface area contributed by atoms with Crippen LogP contribution in [-0.4, -0.2) is 84.0 Å². The van der Waals surface area contributed by atoms with Crippen molar-refractivity contribution in [2.24, 2.45) is 0 Å². The van der Waals surface area contributed by atoms with Crippen LogP contribution in [0.1, 0.15) is 34.8 Å². The number of carbonyl (C=O) groups excluding carboxylic acids is 1. The number of amides is 2. The fourth-order valence-corrected chi connectivity index (χ4v) is 6.16. The summed E-state index contributed by atoms with van der Waals surface area (Å²) in [5.41, 5.74) is 4.96. The summed E-state index contributed by atoms with van der Waals surface area (Å²) < 4.78 is 11.7. The molecule has 1 saturated heterocycles. The van der Waals surface area contributed by atoms with E-state index in [1.54, 1.807) is 7.05 Å². The zero-order valence-corrected chi connectivity index (χ0v) is 25.9. The van der Waals surface area contributed by atoms with Crippen molar-refractivity contribution in [1.29, 1.82) is 0 Å². The van der Waals surface area contributed by atoms with Crippen molar-refractivity contribution in [2.45, 2.75) is 38.5 Å². The normalized spacial score (nSPS) is 18.5. The summed E-state index contributed by atoms with van der Waals surface area (Å²) in [4.78, 5) is 29.2. The third-order valence-electron chi connectivity index (χ3n) is 8.33. The molecule has 5 rings (SSSR count). The number of rotatable bonds is 10. The van der Waals surface area contributed by atoms with E-state index in [0.29, 0.717) is 60.4 Å². The number of ether oxygens (including phenoxy) is 2. The Morgan fingerprint density at radius 3 is 2.41 bits per heavy atom. The van der Waals surface area contributed by atoms with Gasteiger partial charge in [0.05, 0.1) is 29.8 Å². The molecule has 9 nitrogen and oxygen atoms in total. The number of benzene rings is 3. The number of carboxylic acid groups (broad SMARTS) is 1. The Morgan fingerprint density at radius 2 is 1.70 bits per heavy atom. The van der Waals surface area contributed by atoms with E-state index in [4.69, 9.17) is 21.1 Å². The first-order chi connectivity index (χ1) is 21.1. The van der Waals surface area contributed by atoms with Crippen molar-refractivity contribution in [1.82, 2.24) is 15.1 Å². The van der Waals surface area contributed by atoms with Crippen LogP contribution in [0, 0.1) is 13.8 Å². The molecule has 2 bridgehead atoms. The number of aliphatic hydroxyl groups excluding tert-OH is 1. The largest absolute Gasteiger partial charge is 0.490 e. The predicted octanol–water partition coefficient (Wildman–Crippen LogP) is 5.08. The smallest absolute Gasteiger partial charge is 0.408 e. The lowest BCUT2D eigenvalue weighted by Crippen LogP contribution is -2.63. The molecule has 3 N–H and O–H groups in total. The average molecular weight is 620 g/mol. The van der Waals surface area contributed by atoms with Crippen molar-refractivity contribution >= 4 is 29.2 Å². The lowest BCUT2D eigenvalue weighted by atomic mass is 9.82. The number of fused-ring (bicyclic) bond motifs is 2. The van der Waals surface area contributed by atoms with Crippen LogP contribution in [0.25, 0.3) is 5.57 Å². The summed E-state index contributed by atoms with van der Waals surface area (Å²) in [6.45, 7) is 5.53. The first-order valence-electron chi connectivity index (χ1n) is 14.7. The number of aryl methyl sites for hydroxylation is 2. The lowest BCUT2D eigenvalue weighted by molar-refractivity contribution is -0.128. The highest BCUT2D eigenvalue weighted by Gasteiger charge is 2.44. The van der Waals surface area contributed by atoms with E-state index in [0.717, 1.165) is 22.3 Å². The van der Waals surface area contributed by atoms with Crippen molar-refractivity contribution in [3.63, 3.8) is 0 Å². The molecule has 3 atom stereocenters. The summed E-state index contributed by atoms with van der Waals surface area (Å²) in [6, 6.07) is 19.5. The number of likely N-dealkylation sites (N-methyl/N-ethyl adjacent to an activating group) is 1. The van der Waals surface area contributed by atoms with Gasteiger partial charge in [0.1, 0.15) is 24.7 Å². The number of halogens is 1. The minimum absolute atomic E-state index is 0.0679. The molecule has 232 valence electrons. The van der Waals surface area contributed by atoms with Crippen LogP contribution < -0.4 is 14.8 Å². The molecule has 2 aliphatic rings. The fraction of sp³-hybridized carbons (Fsp3) is 0.353. The van der Waals surface area contributed by atoms with E-state index >= 15 is 0 Å². The van der Waals surface area contributed by atoms with Crippen molar-refractivity contribution < 1.29 is 29.3 Å². The zero-order valence-electron chi connectivity index (χ0n) is 25.1. The fourth-order valence-electron chi connectivity index (χ4n) is 5.89. The SMILES string of the molecule is Cc1cc(Cl)c(OCCOc2ccc(C3=C(C(=O)N(C)C[C@H](O)c4ccccc4)[C@H]4CNC[C@@H](C3)N4C(=O)O)cc2)cc1C. The molecular formula is C34H38ClN3O6.